The van der Waals surface area contributed by atoms with Gasteiger partial charge < -0.3 is 15.4 Å². The van der Waals surface area contributed by atoms with Crippen LogP contribution in [0.2, 0.25) is 0 Å². The SMILES string of the molecule is CCOC(=O)N(CC)C1CCCC1CN. The summed E-state index contributed by atoms with van der Waals surface area (Å²) < 4.78 is 5.05. The van der Waals surface area contributed by atoms with Crippen molar-refractivity contribution in [3.8, 4) is 0 Å². The molecule has 2 atom stereocenters. The summed E-state index contributed by atoms with van der Waals surface area (Å²) in [4.78, 5) is 13.5. The lowest BCUT2D eigenvalue weighted by Crippen LogP contribution is -2.44. The Morgan fingerprint density at radius 1 is 1.47 bits per heavy atom. The molecule has 88 valence electrons. The molecule has 0 aromatic rings. The number of rotatable bonds is 4. The third-order valence-corrected chi connectivity index (χ3v) is 3.17. The summed E-state index contributed by atoms with van der Waals surface area (Å²) in [7, 11) is 0. The monoisotopic (exact) mass is 214 g/mol. The van der Waals surface area contributed by atoms with Gasteiger partial charge >= 0.3 is 6.09 Å². The molecule has 1 rings (SSSR count). The van der Waals surface area contributed by atoms with Crippen molar-refractivity contribution in [2.75, 3.05) is 19.7 Å². The number of hydrogen-bond donors (Lipinski definition) is 1. The largest absolute Gasteiger partial charge is 0.450 e. The van der Waals surface area contributed by atoms with Crippen LogP contribution in [0.5, 0.6) is 0 Å². The Balaban J connectivity index is 2.60. The zero-order chi connectivity index (χ0) is 11.3. The highest BCUT2D eigenvalue weighted by molar-refractivity contribution is 5.68. The van der Waals surface area contributed by atoms with Crippen LogP contribution in [0.1, 0.15) is 33.1 Å². The molecule has 0 aromatic carbocycles. The molecule has 1 saturated carbocycles. The Morgan fingerprint density at radius 2 is 2.20 bits per heavy atom. The number of amides is 1. The molecule has 0 saturated heterocycles. The predicted molar refractivity (Wildman–Crippen MR) is 59.6 cm³/mol. The minimum Gasteiger partial charge on any atom is -0.450 e. The maximum atomic E-state index is 11.7. The van der Waals surface area contributed by atoms with Crippen LogP contribution in [0.15, 0.2) is 0 Å². The lowest BCUT2D eigenvalue weighted by molar-refractivity contribution is 0.0844. The van der Waals surface area contributed by atoms with Gasteiger partial charge in [-0.05, 0) is 39.2 Å². The average molecular weight is 214 g/mol. The molecule has 0 aliphatic heterocycles. The number of hydrogen-bond acceptors (Lipinski definition) is 3. The van der Waals surface area contributed by atoms with Crippen molar-refractivity contribution in [1.82, 2.24) is 4.90 Å². The molecular formula is C11H22N2O2. The quantitative estimate of drug-likeness (QED) is 0.773. The molecule has 1 amide bonds. The first-order valence-electron chi connectivity index (χ1n) is 5.88. The second-order valence-corrected chi connectivity index (χ2v) is 3.98. The Bertz CT molecular complexity index is 209. The van der Waals surface area contributed by atoms with Crippen LogP contribution in [0.4, 0.5) is 4.79 Å². The molecule has 4 heteroatoms. The van der Waals surface area contributed by atoms with E-state index in [9.17, 15) is 4.79 Å². The summed E-state index contributed by atoms with van der Waals surface area (Å²) in [5.41, 5.74) is 5.71. The molecule has 1 fully saturated rings. The van der Waals surface area contributed by atoms with Gasteiger partial charge in [-0.2, -0.15) is 0 Å². The maximum absolute atomic E-state index is 11.7. The van der Waals surface area contributed by atoms with Crippen LogP contribution in [-0.4, -0.2) is 36.7 Å². The summed E-state index contributed by atoms with van der Waals surface area (Å²) in [6.45, 7) is 5.64. The van der Waals surface area contributed by atoms with E-state index in [2.05, 4.69) is 0 Å². The van der Waals surface area contributed by atoms with Gasteiger partial charge in [-0.1, -0.05) is 6.42 Å². The van der Waals surface area contributed by atoms with E-state index in [1.807, 2.05) is 18.7 Å². The highest BCUT2D eigenvalue weighted by Gasteiger charge is 2.33. The summed E-state index contributed by atoms with van der Waals surface area (Å²) in [5.74, 6) is 0.453. The third-order valence-electron chi connectivity index (χ3n) is 3.17. The van der Waals surface area contributed by atoms with Gasteiger partial charge in [-0.15, -0.1) is 0 Å². The molecule has 0 heterocycles. The zero-order valence-electron chi connectivity index (χ0n) is 9.74. The lowest BCUT2D eigenvalue weighted by atomic mass is 10.0. The molecule has 1 aliphatic carbocycles. The molecule has 15 heavy (non-hydrogen) atoms. The van der Waals surface area contributed by atoms with Gasteiger partial charge in [0.05, 0.1) is 6.61 Å². The standard InChI is InChI=1S/C11H22N2O2/c1-3-13(11(14)15-4-2)10-7-5-6-9(10)8-12/h9-10H,3-8,12H2,1-2H3. The number of ether oxygens (including phenoxy) is 1. The van der Waals surface area contributed by atoms with E-state index in [1.165, 1.54) is 6.42 Å². The van der Waals surface area contributed by atoms with Crippen LogP contribution in [0.3, 0.4) is 0 Å². The molecule has 2 N–H and O–H groups in total. The fourth-order valence-corrected chi connectivity index (χ4v) is 2.41. The van der Waals surface area contributed by atoms with E-state index in [0.717, 1.165) is 12.8 Å². The molecule has 1 aliphatic rings. The van der Waals surface area contributed by atoms with Crippen molar-refractivity contribution >= 4 is 6.09 Å². The van der Waals surface area contributed by atoms with Crippen LogP contribution in [0.25, 0.3) is 0 Å². The highest BCUT2D eigenvalue weighted by atomic mass is 16.6. The first-order chi connectivity index (χ1) is 7.24. The molecule has 2 unspecified atom stereocenters. The normalized spacial score (nSPS) is 25.3. The van der Waals surface area contributed by atoms with Crippen molar-refractivity contribution < 1.29 is 9.53 Å². The number of carbonyl (C=O) groups excluding carboxylic acids is 1. The first kappa shape index (κ1) is 12.3. The van der Waals surface area contributed by atoms with Gasteiger partial charge in [0.1, 0.15) is 0 Å². The van der Waals surface area contributed by atoms with E-state index in [1.54, 1.807) is 0 Å². The van der Waals surface area contributed by atoms with Crippen LogP contribution in [-0.2, 0) is 4.74 Å². The van der Waals surface area contributed by atoms with E-state index in [4.69, 9.17) is 10.5 Å². The van der Waals surface area contributed by atoms with Gasteiger partial charge in [0.15, 0.2) is 0 Å². The van der Waals surface area contributed by atoms with Crippen LogP contribution < -0.4 is 5.73 Å². The smallest absolute Gasteiger partial charge is 0.409 e. The van der Waals surface area contributed by atoms with Crippen molar-refractivity contribution in [3.05, 3.63) is 0 Å². The van der Waals surface area contributed by atoms with Gasteiger partial charge in [0, 0.05) is 12.6 Å². The number of nitrogens with two attached hydrogens (primary N) is 1. The second-order valence-electron chi connectivity index (χ2n) is 3.98. The highest BCUT2D eigenvalue weighted by Crippen LogP contribution is 2.29. The maximum Gasteiger partial charge on any atom is 0.409 e. The van der Waals surface area contributed by atoms with E-state index in [-0.39, 0.29) is 6.09 Å². The molecule has 4 nitrogen and oxygen atoms in total. The van der Waals surface area contributed by atoms with Crippen molar-refractivity contribution in [1.29, 1.82) is 0 Å². The third kappa shape index (κ3) is 2.84. The fourth-order valence-electron chi connectivity index (χ4n) is 2.41. The summed E-state index contributed by atoms with van der Waals surface area (Å²) in [5, 5.41) is 0. The van der Waals surface area contributed by atoms with Crippen molar-refractivity contribution in [2.24, 2.45) is 11.7 Å². The second kappa shape index (κ2) is 5.95. The van der Waals surface area contributed by atoms with Gasteiger partial charge in [0.2, 0.25) is 0 Å². The van der Waals surface area contributed by atoms with Gasteiger partial charge in [-0.25, -0.2) is 4.79 Å². The molecule has 0 radical (unpaired) electrons. The van der Waals surface area contributed by atoms with Crippen molar-refractivity contribution in [3.63, 3.8) is 0 Å². The predicted octanol–water partition coefficient (Wildman–Crippen LogP) is 1.59. The van der Waals surface area contributed by atoms with E-state index >= 15 is 0 Å². The number of nitrogens with zero attached hydrogens (tertiary/aromatic N) is 1. The average Bonchev–Trinajstić information content (AvgIpc) is 2.67. The summed E-state index contributed by atoms with van der Waals surface area (Å²) in [6, 6.07) is 0.291. The topological polar surface area (TPSA) is 55.6 Å². The number of carbonyl (C=O) groups is 1. The molecular weight excluding hydrogens is 192 g/mol. The Labute approximate surface area is 91.8 Å². The fraction of sp³-hybridized carbons (Fsp3) is 0.909. The summed E-state index contributed by atoms with van der Waals surface area (Å²) >= 11 is 0. The lowest BCUT2D eigenvalue weighted by Gasteiger charge is -2.30. The molecule has 0 spiro atoms. The minimum absolute atomic E-state index is 0.189. The van der Waals surface area contributed by atoms with Gasteiger partial charge in [0.25, 0.3) is 0 Å². The minimum atomic E-state index is -0.189. The summed E-state index contributed by atoms with van der Waals surface area (Å²) in [6.07, 6.45) is 3.18. The molecule has 0 aromatic heterocycles. The van der Waals surface area contributed by atoms with Crippen molar-refractivity contribution in [2.45, 2.75) is 39.2 Å². The molecule has 0 bridgehead atoms. The van der Waals surface area contributed by atoms with E-state index in [0.29, 0.717) is 31.7 Å². The Hall–Kier alpha value is -0.770. The van der Waals surface area contributed by atoms with Gasteiger partial charge in [-0.3, -0.25) is 0 Å². The van der Waals surface area contributed by atoms with Crippen LogP contribution in [0, 0.1) is 5.92 Å². The van der Waals surface area contributed by atoms with E-state index < -0.39 is 0 Å². The van der Waals surface area contributed by atoms with Crippen LogP contribution >= 0.6 is 0 Å². The zero-order valence-corrected chi connectivity index (χ0v) is 9.74. The Morgan fingerprint density at radius 3 is 2.73 bits per heavy atom. The Kier molecular flexibility index (Phi) is 4.88. The first-order valence-corrected chi connectivity index (χ1v) is 5.88.